The molecule has 0 radical (unpaired) electrons. The number of benzene rings is 1. The lowest BCUT2D eigenvalue weighted by Gasteiger charge is -2.07. The zero-order chi connectivity index (χ0) is 12.6. The van der Waals surface area contributed by atoms with E-state index in [1.807, 2.05) is 23.7 Å². The van der Waals surface area contributed by atoms with Crippen molar-refractivity contribution < 1.29 is 0 Å². The first kappa shape index (κ1) is 12.7. The number of aryl methyl sites for hydroxylation is 2. The van der Waals surface area contributed by atoms with Crippen LogP contribution in [0.5, 0.6) is 0 Å². The van der Waals surface area contributed by atoms with Crippen LogP contribution in [-0.4, -0.2) is 9.78 Å². The highest BCUT2D eigenvalue weighted by molar-refractivity contribution is 9.10. The highest BCUT2D eigenvalue weighted by Crippen LogP contribution is 2.26. The fraction of sp³-hybridized carbons (Fsp3) is 0.308. The summed E-state index contributed by atoms with van der Waals surface area (Å²) in [4.78, 5) is 0. The Morgan fingerprint density at radius 1 is 1.35 bits per heavy atom. The molecule has 2 rings (SSSR count). The van der Waals surface area contributed by atoms with Gasteiger partial charge in [0.1, 0.15) is 5.15 Å². The molecule has 4 heteroatoms. The molecule has 0 fully saturated rings. The topological polar surface area (TPSA) is 17.8 Å². The van der Waals surface area contributed by atoms with Gasteiger partial charge in [-0.3, -0.25) is 0 Å². The van der Waals surface area contributed by atoms with E-state index in [2.05, 4.69) is 40.9 Å². The van der Waals surface area contributed by atoms with E-state index < -0.39 is 0 Å². The Labute approximate surface area is 115 Å². The summed E-state index contributed by atoms with van der Waals surface area (Å²) in [6.07, 6.45) is 0.903. The quantitative estimate of drug-likeness (QED) is 0.800. The SMILES string of the molecule is CCc1c(C)nn(-c2ccc(Br)cc2C)c1Cl. The maximum atomic E-state index is 6.36. The Balaban J connectivity index is 2.61. The Hall–Kier alpha value is -0.800. The highest BCUT2D eigenvalue weighted by atomic mass is 79.9. The van der Waals surface area contributed by atoms with Crippen LogP contribution in [0.25, 0.3) is 5.69 Å². The van der Waals surface area contributed by atoms with Crippen LogP contribution in [0.2, 0.25) is 5.15 Å². The van der Waals surface area contributed by atoms with Gasteiger partial charge in [0.15, 0.2) is 0 Å². The molecule has 0 atom stereocenters. The summed E-state index contributed by atoms with van der Waals surface area (Å²) in [7, 11) is 0. The van der Waals surface area contributed by atoms with Crippen molar-refractivity contribution in [1.29, 1.82) is 0 Å². The zero-order valence-electron chi connectivity index (χ0n) is 10.1. The molecule has 0 aliphatic heterocycles. The van der Waals surface area contributed by atoms with Crippen LogP contribution in [0, 0.1) is 13.8 Å². The second kappa shape index (κ2) is 4.83. The van der Waals surface area contributed by atoms with Gasteiger partial charge in [0, 0.05) is 10.0 Å². The third-order valence-corrected chi connectivity index (χ3v) is 3.74. The zero-order valence-corrected chi connectivity index (χ0v) is 12.4. The first-order chi connectivity index (χ1) is 8.04. The van der Waals surface area contributed by atoms with Crippen LogP contribution in [0.15, 0.2) is 22.7 Å². The molecule has 1 aromatic heterocycles. The first-order valence-corrected chi connectivity index (χ1v) is 6.72. The van der Waals surface area contributed by atoms with Crippen molar-refractivity contribution in [2.75, 3.05) is 0 Å². The van der Waals surface area contributed by atoms with Crippen molar-refractivity contribution in [2.45, 2.75) is 27.2 Å². The molecule has 2 nitrogen and oxygen atoms in total. The van der Waals surface area contributed by atoms with E-state index in [9.17, 15) is 0 Å². The Morgan fingerprint density at radius 2 is 2.06 bits per heavy atom. The lowest BCUT2D eigenvalue weighted by Crippen LogP contribution is -1.99. The molecular formula is C13H14BrClN2. The maximum Gasteiger partial charge on any atom is 0.136 e. The van der Waals surface area contributed by atoms with E-state index >= 15 is 0 Å². The van der Waals surface area contributed by atoms with Gasteiger partial charge in [0.05, 0.1) is 11.4 Å². The third-order valence-electron chi connectivity index (χ3n) is 2.86. The molecule has 0 N–H and O–H groups in total. The van der Waals surface area contributed by atoms with Crippen molar-refractivity contribution in [1.82, 2.24) is 9.78 Å². The lowest BCUT2D eigenvalue weighted by molar-refractivity contribution is 0.856. The summed E-state index contributed by atoms with van der Waals surface area (Å²) in [6.45, 7) is 6.14. The Kier molecular flexibility index (Phi) is 3.59. The number of hydrogen-bond donors (Lipinski definition) is 0. The van der Waals surface area contributed by atoms with Crippen LogP contribution in [-0.2, 0) is 6.42 Å². The van der Waals surface area contributed by atoms with Crippen molar-refractivity contribution in [2.24, 2.45) is 0 Å². The molecular weight excluding hydrogens is 300 g/mol. The molecule has 90 valence electrons. The summed E-state index contributed by atoms with van der Waals surface area (Å²) in [5.74, 6) is 0. The summed E-state index contributed by atoms with van der Waals surface area (Å²) >= 11 is 9.82. The third kappa shape index (κ3) is 2.26. The average Bonchev–Trinajstić information content (AvgIpc) is 2.54. The van der Waals surface area contributed by atoms with Crippen LogP contribution >= 0.6 is 27.5 Å². The molecule has 2 aromatic rings. The van der Waals surface area contributed by atoms with E-state index in [1.54, 1.807) is 0 Å². The summed E-state index contributed by atoms with van der Waals surface area (Å²) in [5, 5.41) is 5.23. The molecule has 0 aliphatic carbocycles. The molecule has 0 saturated carbocycles. The minimum atomic E-state index is 0.718. The summed E-state index contributed by atoms with van der Waals surface area (Å²) < 4.78 is 2.88. The number of nitrogens with zero attached hydrogens (tertiary/aromatic N) is 2. The largest absolute Gasteiger partial charge is 0.221 e. The molecule has 17 heavy (non-hydrogen) atoms. The second-order valence-electron chi connectivity index (χ2n) is 4.05. The molecule has 1 heterocycles. The van der Waals surface area contributed by atoms with Gasteiger partial charge in [-0.25, -0.2) is 4.68 Å². The monoisotopic (exact) mass is 312 g/mol. The first-order valence-electron chi connectivity index (χ1n) is 5.55. The van der Waals surface area contributed by atoms with Gasteiger partial charge in [-0.05, 0) is 44.0 Å². The smallest absolute Gasteiger partial charge is 0.136 e. The molecule has 0 aliphatic rings. The molecule has 1 aromatic carbocycles. The van der Waals surface area contributed by atoms with Crippen LogP contribution in [0.4, 0.5) is 0 Å². The minimum Gasteiger partial charge on any atom is -0.221 e. The molecule has 0 saturated heterocycles. The number of aromatic nitrogens is 2. The van der Waals surface area contributed by atoms with E-state index in [0.29, 0.717) is 0 Å². The normalized spacial score (nSPS) is 10.9. The van der Waals surface area contributed by atoms with Gasteiger partial charge in [0.25, 0.3) is 0 Å². The summed E-state index contributed by atoms with van der Waals surface area (Å²) in [5.41, 5.74) is 4.29. The van der Waals surface area contributed by atoms with Gasteiger partial charge in [-0.1, -0.05) is 34.5 Å². The Morgan fingerprint density at radius 3 is 2.59 bits per heavy atom. The highest BCUT2D eigenvalue weighted by Gasteiger charge is 2.14. The average molecular weight is 314 g/mol. The molecule has 0 amide bonds. The minimum absolute atomic E-state index is 0.718. The van der Waals surface area contributed by atoms with Crippen molar-refractivity contribution in [3.8, 4) is 5.69 Å². The predicted molar refractivity (Wildman–Crippen MR) is 75.1 cm³/mol. The van der Waals surface area contributed by atoms with Crippen molar-refractivity contribution >= 4 is 27.5 Å². The Bertz CT molecular complexity index is 561. The van der Waals surface area contributed by atoms with E-state index in [0.717, 1.165) is 38.6 Å². The standard InChI is InChI=1S/C13H14BrClN2/c1-4-11-9(3)16-17(13(11)15)12-6-5-10(14)7-8(12)2/h5-7H,4H2,1-3H3. The maximum absolute atomic E-state index is 6.36. The fourth-order valence-electron chi connectivity index (χ4n) is 1.95. The molecule has 0 bridgehead atoms. The van der Waals surface area contributed by atoms with E-state index in [4.69, 9.17) is 11.6 Å². The summed E-state index contributed by atoms with van der Waals surface area (Å²) in [6, 6.07) is 6.09. The van der Waals surface area contributed by atoms with Crippen LogP contribution < -0.4 is 0 Å². The number of hydrogen-bond acceptors (Lipinski definition) is 1. The van der Waals surface area contributed by atoms with Crippen LogP contribution in [0.1, 0.15) is 23.7 Å². The lowest BCUT2D eigenvalue weighted by atomic mass is 10.2. The second-order valence-corrected chi connectivity index (χ2v) is 5.32. The van der Waals surface area contributed by atoms with Crippen molar-refractivity contribution in [3.05, 3.63) is 44.6 Å². The van der Waals surface area contributed by atoms with Gasteiger partial charge in [0.2, 0.25) is 0 Å². The molecule has 0 unspecified atom stereocenters. The van der Waals surface area contributed by atoms with Gasteiger partial charge in [-0.2, -0.15) is 5.10 Å². The van der Waals surface area contributed by atoms with Gasteiger partial charge >= 0.3 is 0 Å². The molecule has 0 spiro atoms. The van der Waals surface area contributed by atoms with Gasteiger partial charge in [-0.15, -0.1) is 0 Å². The van der Waals surface area contributed by atoms with E-state index in [-0.39, 0.29) is 0 Å². The van der Waals surface area contributed by atoms with E-state index in [1.165, 1.54) is 0 Å². The van der Waals surface area contributed by atoms with Crippen LogP contribution in [0.3, 0.4) is 0 Å². The number of rotatable bonds is 2. The number of halogens is 2. The predicted octanol–water partition coefficient (Wildman–Crippen LogP) is 4.47. The van der Waals surface area contributed by atoms with Crippen molar-refractivity contribution in [3.63, 3.8) is 0 Å². The van der Waals surface area contributed by atoms with Gasteiger partial charge < -0.3 is 0 Å². The fourth-order valence-corrected chi connectivity index (χ4v) is 2.82.